The number of halogens is 1. The second-order valence-electron chi connectivity index (χ2n) is 3.74. The fourth-order valence-electron chi connectivity index (χ4n) is 1.82. The van der Waals surface area contributed by atoms with Gasteiger partial charge < -0.3 is 5.32 Å². The number of carbonyl (C=O) groups excluding carboxylic acids is 2. The van der Waals surface area contributed by atoms with Gasteiger partial charge in [0.25, 0.3) is 5.91 Å². The zero-order valence-corrected chi connectivity index (χ0v) is 9.51. The molecule has 84 valence electrons. The van der Waals surface area contributed by atoms with Crippen molar-refractivity contribution >= 4 is 23.3 Å². The zero-order chi connectivity index (χ0) is 11.5. The van der Waals surface area contributed by atoms with E-state index in [4.69, 9.17) is 11.6 Å². The number of ketones is 1. The van der Waals surface area contributed by atoms with Gasteiger partial charge in [-0.2, -0.15) is 0 Å². The minimum Gasteiger partial charge on any atom is -0.352 e. The molecule has 1 aromatic rings. The molecule has 0 radical (unpaired) electrons. The van der Waals surface area contributed by atoms with E-state index in [1.807, 2.05) is 6.07 Å². The van der Waals surface area contributed by atoms with E-state index in [0.29, 0.717) is 30.0 Å². The lowest BCUT2D eigenvalue weighted by atomic mass is 9.96. The summed E-state index contributed by atoms with van der Waals surface area (Å²) in [5.74, 6) is 0.195. The van der Waals surface area contributed by atoms with Crippen molar-refractivity contribution in [2.75, 3.05) is 12.4 Å². The van der Waals surface area contributed by atoms with Crippen molar-refractivity contribution in [3.63, 3.8) is 0 Å². The summed E-state index contributed by atoms with van der Waals surface area (Å²) < 4.78 is 0. The summed E-state index contributed by atoms with van der Waals surface area (Å²) in [6, 6.07) is 5.29. The van der Waals surface area contributed by atoms with Gasteiger partial charge in [0.15, 0.2) is 5.78 Å². The number of Topliss-reactive ketones (excluding diaryl/α,β-unsaturated/α-hetero) is 1. The Hall–Kier alpha value is -1.35. The summed E-state index contributed by atoms with van der Waals surface area (Å²) in [6.07, 6.45) is 1.13. The minimum absolute atomic E-state index is 0.0174. The van der Waals surface area contributed by atoms with Crippen LogP contribution in [0.25, 0.3) is 0 Å². The predicted molar refractivity (Wildman–Crippen MR) is 62.1 cm³/mol. The SMILES string of the molecule is O=C(CCCl)c1ccc2c(c1)C(=O)NCC2. The van der Waals surface area contributed by atoms with Crippen LogP contribution < -0.4 is 5.32 Å². The lowest BCUT2D eigenvalue weighted by Crippen LogP contribution is -2.32. The normalized spacial score (nSPS) is 14.2. The summed E-state index contributed by atoms with van der Waals surface area (Å²) in [5, 5.41) is 2.76. The van der Waals surface area contributed by atoms with E-state index in [0.717, 1.165) is 12.0 Å². The number of hydrogen-bond donors (Lipinski definition) is 1. The minimum atomic E-state index is -0.0956. The molecule has 0 spiro atoms. The zero-order valence-electron chi connectivity index (χ0n) is 8.75. The first-order chi connectivity index (χ1) is 7.72. The monoisotopic (exact) mass is 237 g/mol. The molecule has 1 aromatic carbocycles. The van der Waals surface area contributed by atoms with E-state index in [9.17, 15) is 9.59 Å². The average molecular weight is 238 g/mol. The van der Waals surface area contributed by atoms with Crippen molar-refractivity contribution in [2.45, 2.75) is 12.8 Å². The number of carbonyl (C=O) groups is 2. The van der Waals surface area contributed by atoms with Crippen molar-refractivity contribution in [3.05, 3.63) is 34.9 Å². The van der Waals surface area contributed by atoms with E-state index < -0.39 is 0 Å². The third-order valence-electron chi connectivity index (χ3n) is 2.68. The van der Waals surface area contributed by atoms with E-state index >= 15 is 0 Å². The third kappa shape index (κ3) is 2.09. The first-order valence-electron chi connectivity index (χ1n) is 5.22. The Kier molecular flexibility index (Phi) is 3.25. The van der Waals surface area contributed by atoms with Crippen molar-refractivity contribution in [1.82, 2.24) is 5.32 Å². The van der Waals surface area contributed by atoms with E-state index in [2.05, 4.69) is 5.32 Å². The van der Waals surface area contributed by atoms with Gasteiger partial charge >= 0.3 is 0 Å². The van der Waals surface area contributed by atoms with E-state index in [1.165, 1.54) is 0 Å². The maximum Gasteiger partial charge on any atom is 0.251 e. The van der Waals surface area contributed by atoms with Crippen molar-refractivity contribution in [3.8, 4) is 0 Å². The maximum absolute atomic E-state index is 11.6. The number of fused-ring (bicyclic) bond motifs is 1. The summed E-state index contributed by atoms with van der Waals surface area (Å²) in [7, 11) is 0. The molecule has 0 aromatic heterocycles. The molecule has 1 aliphatic rings. The third-order valence-corrected chi connectivity index (χ3v) is 2.87. The first kappa shape index (κ1) is 11.1. The Bertz CT molecular complexity index is 443. The number of rotatable bonds is 3. The molecule has 1 aliphatic heterocycles. The fraction of sp³-hybridized carbons (Fsp3) is 0.333. The Labute approximate surface area is 98.8 Å². The quantitative estimate of drug-likeness (QED) is 0.644. The van der Waals surface area contributed by atoms with Gasteiger partial charge in [0.2, 0.25) is 0 Å². The van der Waals surface area contributed by atoms with Crippen LogP contribution in [0.3, 0.4) is 0 Å². The second-order valence-corrected chi connectivity index (χ2v) is 4.12. The molecule has 4 heteroatoms. The summed E-state index contributed by atoms with van der Waals surface area (Å²) in [5.41, 5.74) is 2.19. The van der Waals surface area contributed by atoms with Crippen LogP contribution in [0.5, 0.6) is 0 Å². The summed E-state index contributed by atoms with van der Waals surface area (Å²) in [6.45, 7) is 0.667. The molecule has 1 amide bonds. The van der Waals surface area contributed by atoms with Crippen molar-refractivity contribution in [2.24, 2.45) is 0 Å². The highest BCUT2D eigenvalue weighted by Gasteiger charge is 2.18. The highest BCUT2D eigenvalue weighted by atomic mass is 35.5. The summed E-state index contributed by atoms with van der Waals surface area (Å²) >= 11 is 5.52. The molecular weight excluding hydrogens is 226 g/mol. The highest BCUT2D eigenvalue weighted by molar-refractivity contribution is 6.19. The lowest BCUT2D eigenvalue weighted by molar-refractivity contribution is 0.0946. The van der Waals surface area contributed by atoms with Crippen molar-refractivity contribution < 1.29 is 9.59 Å². The molecule has 1 N–H and O–H groups in total. The van der Waals surface area contributed by atoms with Crippen LogP contribution in [0, 0.1) is 0 Å². The number of benzene rings is 1. The number of hydrogen-bond acceptors (Lipinski definition) is 2. The van der Waals surface area contributed by atoms with Gasteiger partial charge in [-0.05, 0) is 18.1 Å². The van der Waals surface area contributed by atoms with Crippen molar-refractivity contribution in [1.29, 1.82) is 0 Å². The molecule has 0 unspecified atom stereocenters. The fourth-order valence-corrected chi connectivity index (χ4v) is 1.99. The molecular formula is C12H12ClNO2. The van der Waals surface area contributed by atoms with Crippen LogP contribution in [0.4, 0.5) is 0 Å². The topological polar surface area (TPSA) is 46.2 Å². The Balaban J connectivity index is 2.34. The van der Waals surface area contributed by atoms with Gasteiger partial charge in [-0.1, -0.05) is 12.1 Å². The Morgan fingerprint density at radius 2 is 2.25 bits per heavy atom. The van der Waals surface area contributed by atoms with E-state index in [-0.39, 0.29) is 11.7 Å². The first-order valence-corrected chi connectivity index (χ1v) is 5.76. The van der Waals surface area contributed by atoms with Gasteiger partial charge in [-0.25, -0.2) is 0 Å². The lowest BCUT2D eigenvalue weighted by Gasteiger charge is -2.16. The number of nitrogens with one attached hydrogen (secondary N) is 1. The van der Waals surface area contributed by atoms with Crippen LogP contribution in [0.1, 0.15) is 32.7 Å². The standard InChI is InChI=1S/C12H12ClNO2/c13-5-3-11(15)9-2-1-8-4-6-14-12(16)10(8)7-9/h1-2,7H,3-6H2,(H,14,16). The predicted octanol–water partition coefficient (Wildman–Crippen LogP) is 1.78. The molecule has 0 bridgehead atoms. The maximum atomic E-state index is 11.6. The van der Waals surface area contributed by atoms with Gasteiger partial charge in [-0.3, -0.25) is 9.59 Å². The number of alkyl halides is 1. The molecule has 2 rings (SSSR count). The average Bonchev–Trinajstić information content (AvgIpc) is 2.29. The Morgan fingerprint density at radius 3 is 3.00 bits per heavy atom. The molecule has 1 heterocycles. The molecule has 0 saturated carbocycles. The Morgan fingerprint density at radius 1 is 1.44 bits per heavy atom. The second kappa shape index (κ2) is 4.66. The van der Waals surface area contributed by atoms with Gasteiger partial charge in [0.1, 0.15) is 0 Å². The van der Waals surface area contributed by atoms with Crippen LogP contribution in [0.15, 0.2) is 18.2 Å². The van der Waals surface area contributed by atoms with E-state index in [1.54, 1.807) is 12.1 Å². The molecule has 0 aliphatic carbocycles. The molecule has 3 nitrogen and oxygen atoms in total. The molecule has 16 heavy (non-hydrogen) atoms. The molecule has 0 saturated heterocycles. The van der Waals surface area contributed by atoms with Gasteiger partial charge in [-0.15, -0.1) is 11.6 Å². The molecule has 0 atom stereocenters. The highest BCUT2D eigenvalue weighted by Crippen LogP contribution is 2.17. The van der Waals surface area contributed by atoms with Crippen LogP contribution >= 0.6 is 11.6 Å². The summed E-state index contributed by atoms with van der Waals surface area (Å²) in [4.78, 5) is 23.2. The molecule has 0 fully saturated rings. The van der Waals surface area contributed by atoms with Crippen LogP contribution in [-0.4, -0.2) is 24.1 Å². The largest absolute Gasteiger partial charge is 0.352 e. The van der Waals surface area contributed by atoms with Crippen LogP contribution in [0.2, 0.25) is 0 Å². The van der Waals surface area contributed by atoms with Gasteiger partial charge in [0.05, 0.1) is 0 Å². The van der Waals surface area contributed by atoms with Gasteiger partial charge in [0, 0.05) is 30.0 Å². The number of amides is 1. The van der Waals surface area contributed by atoms with Crippen LogP contribution in [-0.2, 0) is 6.42 Å². The smallest absolute Gasteiger partial charge is 0.251 e.